The monoisotopic (exact) mass is 265 g/mol. The maximum Gasteiger partial charge on any atom is 0.271 e. The molecule has 1 heterocycles. The van der Waals surface area contributed by atoms with Crippen molar-refractivity contribution in [3.8, 4) is 5.69 Å². The van der Waals surface area contributed by atoms with Gasteiger partial charge in [0, 0.05) is 18.5 Å². The van der Waals surface area contributed by atoms with Gasteiger partial charge in [-0.3, -0.25) is 4.79 Å². The average Bonchev–Trinajstić information content (AvgIpc) is 2.29. The Morgan fingerprint density at radius 1 is 1.28 bits per heavy atom. The predicted octanol–water partition coefficient (Wildman–Crippen LogP) is 0.218. The van der Waals surface area contributed by atoms with Crippen LogP contribution in [0.25, 0.3) is 5.69 Å². The van der Waals surface area contributed by atoms with E-state index in [0.29, 0.717) is 5.69 Å². The Bertz CT molecular complexity index is 750. The number of benzene rings is 1. The number of hydrogen-bond donors (Lipinski definition) is 1. The third-order valence-electron chi connectivity index (χ3n) is 2.36. The number of nitrogens with zero attached hydrogens (tertiary/aromatic N) is 2. The fourth-order valence-corrected chi connectivity index (χ4v) is 2.36. The molecule has 0 atom stereocenters. The van der Waals surface area contributed by atoms with E-state index < -0.39 is 9.84 Å². The van der Waals surface area contributed by atoms with Gasteiger partial charge in [0.2, 0.25) is 0 Å². The zero-order valence-corrected chi connectivity index (χ0v) is 10.4. The molecule has 0 saturated heterocycles. The third-order valence-corrected chi connectivity index (χ3v) is 3.51. The summed E-state index contributed by atoms with van der Waals surface area (Å²) in [6.45, 7) is 0. The van der Waals surface area contributed by atoms with Crippen LogP contribution in [0.2, 0.25) is 0 Å². The first-order valence-corrected chi connectivity index (χ1v) is 6.93. The molecule has 0 fully saturated rings. The summed E-state index contributed by atoms with van der Waals surface area (Å²) in [6.07, 6.45) is 2.50. The molecule has 2 aromatic rings. The number of aromatic nitrogens is 2. The maximum absolute atomic E-state index is 11.6. The van der Waals surface area contributed by atoms with Crippen LogP contribution in [0.15, 0.2) is 46.2 Å². The van der Waals surface area contributed by atoms with Crippen LogP contribution in [0.1, 0.15) is 0 Å². The molecule has 0 aliphatic heterocycles. The first-order valence-electron chi connectivity index (χ1n) is 5.04. The summed E-state index contributed by atoms with van der Waals surface area (Å²) in [5, 5.41) is 3.87. The first kappa shape index (κ1) is 12.3. The van der Waals surface area contributed by atoms with E-state index in [1.807, 2.05) is 0 Å². The quantitative estimate of drug-likeness (QED) is 0.784. The molecule has 0 aliphatic carbocycles. The Morgan fingerprint density at radius 2 is 2.00 bits per heavy atom. The molecule has 6 nitrogen and oxygen atoms in total. The molecular formula is C11H11N3O3S. The normalized spacial score (nSPS) is 11.4. The molecule has 0 amide bonds. The van der Waals surface area contributed by atoms with Crippen molar-refractivity contribution in [1.82, 2.24) is 9.78 Å². The van der Waals surface area contributed by atoms with Crippen LogP contribution in [-0.4, -0.2) is 24.5 Å². The summed E-state index contributed by atoms with van der Waals surface area (Å²) < 4.78 is 24.2. The van der Waals surface area contributed by atoms with Gasteiger partial charge in [0.05, 0.1) is 16.3 Å². The third kappa shape index (κ3) is 2.25. The number of nitrogens with two attached hydrogens (primary N) is 1. The van der Waals surface area contributed by atoms with Gasteiger partial charge in [-0.05, 0) is 24.3 Å². The maximum atomic E-state index is 11.6. The Morgan fingerprint density at radius 3 is 2.61 bits per heavy atom. The summed E-state index contributed by atoms with van der Waals surface area (Å²) >= 11 is 0. The van der Waals surface area contributed by atoms with Gasteiger partial charge in [-0.15, -0.1) is 0 Å². The Labute approximate surface area is 104 Å². The fraction of sp³-hybridized carbons (Fsp3) is 0.0909. The van der Waals surface area contributed by atoms with Crippen LogP contribution >= 0.6 is 0 Å². The lowest BCUT2D eigenvalue weighted by molar-refractivity contribution is 0.602. The molecule has 94 valence electrons. The van der Waals surface area contributed by atoms with Crippen molar-refractivity contribution in [3.05, 3.63) is 46.9 Å². The number of hydrogen-bond acceptors (Lipinski definition) is 5. The van der Waals surface area contributed by atoms with Gasteiger partial charge in [-0.1, -0.05) is 0 Å². The summed E-state index contributed by atoms with van der Waals surface area (Å²) in [7, 11) is -3.44. The molecule has 7 heteroatoms. The smallest absolute Gasteiger partial charge is 0.271 e. The molecule has 0 aliphatic rings. The second-order valence-corrected chi connectivity index (χ2v) is 5.75. The molecule has 0 spiro atoms. The summed E-state index contributed by atoms with van der Waals surface area (Å²) in [4.78, 5) is 11.6. The molecule has 2 N–H and O–H groups in total. The highest BCUT2D eigenvalue weighted by Crippen LogP contribution is 2.20. The van der Waals surface area contributed by atoms with E-state index in [0.717, 1.165) is 10.9 Å². The van der Waals surface area contributed by atoms with E-state index in [1.54, 1.807) is 6.07 Å². The Kier molecular flexibility index (Phi) is 2.92. The van der Waals surface area contributed by atoms with Crippen LogP contribution < -0.4 is 11.3 Å². The van der Waals surface area contributed by atoms with Gasteiger partial charge in [0.15, 0.2) is 9.84 Å². The summed E-state index contributed by atoms with van der Waals surface area (Å²) in [6, 6.07) is 7.15. The van der Waals surface area contributed by atoms with Crippen molar-refractivity contribution < 1.29 is 8.42 Å². The Hall–Kier alpha value is -2.15. The highest BCUT2D eigenvalue weighted by atomic mass is 32.2. The SMILES string of the molecule is CS(=O)(=O)c1cc(-n2ncccc2=O)ccc1N. The van der Waals surface area contributed by atoms with Gasteiger partial charge in [0.1, 0.15) is 0 Å². The highest BCUT2D eigenvalue weighted by molar-refractivity contribution is 7.90. The minimum absolute atomic E-state index is 0.0162. The van der Waals surface area contributed by atoms with E-state index in [4.69, 9.17) is 5.73 Å². The molecule has 18 heavy (non-hydrogen) atoms. The van der Waals surface area contributed by atoms with Crippen LogP contribution in [0.5, 0.6) is 0 Å². The van der Waals surface area contributed by atoms with Crippen LogP contribution in [0.4, 0.5) is 5.69 Å². The lowest BCUT2D eigenvalue weighted by Gasteiger charge is -2.07. The van der Waals surface area contributed by atoms with Gasteiger partial charge in [-0.2, -0.15) is 9.78 Å². The van der Waals surface area contributed by atoms with Crippen LogP contribution in [0, 0.1) is 0 Å². The molecule has 0 saturated carbocycles. The second-order valence-electron chi connectivity index (χ2n) is 3.77. The molecule has 0 radical (unpaired) electrons. The van der Waals surface area contributed by atoms with Crippen molar-refractivity contribution >= 4 is 15.5 Å². The highest BCUT2D eigenvalue weighted by Gasteiger charge is 2.13. The van der Waals surface area contributed by atoms with E-state index in [1.165, 1.54) is 30.5 Å². The molecule has 0 bridgehead atoms. The van der Waals surface area contributed by atoms with Crippen LogP contribution in [-0.2, 0) is 9.84 Å². The zero-order chi connectivity index (χ0) is 13.3. The fourth-order valence-electron chi connectivity index (χ4n) is 1.53. The van der Waals surface area contributed by atoms with Gasteiger partial charge in [-0.25, -0.2) is 8.42 Å². The lowest BCUT2D eigenvalue weighted by atomic mass is 10.3. The minimum atomic E-state index is -3.44. The van der Waals surface area contributed by atoms with Crippen molar-refractivity contribution in [2.24, 2.45) is 0 Å². The summed E-state index contributed by atoms with van der Waals surface area (Å²) in [5.74, 6) is 0. The van der Waals surface area contributed by atoms with Crippen molar-refractivity contribution in [2.45, 2.75) is 4.90 Å². The topological polar surface area (TPSA) is 95.0 Å². The molecule has 2 rings (SSSR count). The number of nitrogen functional groups attached to an aromatic ring is 1. The van der Waals surface area contributed by atoms with E-state index in [2.05, 4.69) is 5.10 Å². The molecule has 0 unspecified atom stereocenters. The molecule has 1 aromatic carbocycles. The van der Waals surface area contributed by atoms with E-state index >= 15 is 0 Å². The molecule has 1 aromatic heterocycles. The lowest BCUT2D eigenvalue weighted by Crippen LogP contribution is -2.19. The van der Waals surface area contributed by atoms with Gasteiger partial charge in [0.25, 0.3) is 5.56 Å². The zero-order valence-electron chi connectivity index (χ0n) is 9.57. The predicted molar refractivity (Wildman–Crippen MR) is 67.4 cm³/mol. The van der Waals surface area contributed by atoms with Crippen molar-refractivity contribution in [3.63, 3.8) is 0 Å². The van der Waals surface area contributed by atoms with E-state index in [-0.39, 0.29) is 16.1 Å². The average molecular weight is 265 g/mol. The minimum Gasteiger partial charge on any atom is -0.398 e. The van der Waals surface area contributed by atoms with Gasteiger partial charge < -0.3 is 5.73 Å². The largest absolute Gasteiger partial charge is 0.398 e. The van der Waals surface area contributed by atoms with Crippen LogP contribution in [0.3, 0.4) is 0 Å². The van der Waals surface area contributed by atoms with E-state index in [9.17, 15) is 13.2 Å². The molecular weight excluding hydrogens is 254 g/mol. The number of anilines is 1. The number of sulfone groups is 1. The summed E-state index contributed by atoms with van der Waals surface area (Å²) in [5.41, 5.74) is 5.76. The second kappa shape index (κ2) is 4.26. The number of rotatable bonds is 2. The van der Waals surface area contributed by atoms with Crippen molar-refractivity contribution in [1.29, 1.82) is 0 Å². The first-order chi connectivity index (χ1) is 8.39. The standard InChI is InChI=1S/C11H11N3O3S/c1-18(16,17)10-7-8(4-5-9(10)12)14-11(15)3-2-6-13-14/h2-7H,12H2,1H3. The Balaban J connectivity index is 2.70. The van der Waals surface area contributed by atoms with Gasteiger partial charge >= 0.3 is 0 Å². The van der Waals surface area contributed by atoms with Crippen molar-refractivity contribution in [2.75, 3.05) is 12.0 Å².